The van der Waals surface area contributed by atoms with Crippen molar-refractivity contribution in [3.8, 4) is 0 Å². The molecular weight excluding hydrogens is 240 g/mol. The SMILES string of the molecule is COC1CCC2(CC1)NC(=O)c1ccccc1N2C. The highest BCUT2D eigenvalue weighted by atomic mass is 16.5. The molecule has 0 bridgehead atoms. The molecule has 1 saturated carbocycles. The summed E-state index contributed by atoms with van der Waals surface area (Å²) in [6.45, 7) is 0. The van der Waals surface area contributed by atoms with Crippen molar-refractivity contribution in [2.45, 2.75) is 37.5 Å². The number of benzene rings is 1. The average molecular weight is 260 g/mol. The molecule has 3 rings (SSSR count). The highest BCUT2D eigenvalue weighted by molar-refractivity contribution is 6.02. The predicted octanol–water partition coefficient (Wildman–Crippen LogP) is 2.15. The molecule has 1 heterocycles. The Bertz CT molecular complexity index is 493. The maximum absolute atomic E-state index is 12.3. The summed E-state index contributed by atoms with van der Waals surface area (Å²) in [5.74, 6) is 0.0459. The monoisotopic (exact) mass is 260 g/mol. The first-order valence-electron chi connectivity index (χ1n) is 6.84. The Morgan fingerprint density at radius 1 is 1.32 bits per heavy atom. The van der Waals surface area contributed by atoms with Gasteiger partial charge < -0.3 is 15.0 Å². The normalized spacial score (nSPS) is 30.1. The smallest absolute Gasteiger partial charge is 0.255 e. The van der Waals surface area contributed by atoms with E-state index in [0.717, 1.165) is 36.9 Å². The first kappa shape index (κ1) is 12.5. The summed E-state index contributed by atoms with van der Waals surface area (Å²) >= 11 is 0. The van der Waals surface area contributed by atoms with Crippen LogP contribution in [0.25, 0.3) is 0 Å². The van der Waals surface area contributed by atoms with Crippen LogP contribution in [0.4, 0.5) is 5.69 Å². The van der Waals surface area contributed by atoms with Crippen LogP contribution in [-0.2, 0) is 4.74 Å². The van der Waals surface area contributed by atoms with Gasteiger partial charge in [0.1, 0.15) is 5.66 Å². The average Bonchev–Trinajstić information content (AvgIpc) is 2.46. The maximum Gasteiger partial charge on any atom is 0.255 e. The zero-order valence-corrected chi connectivity index (χ0v) is 11.5. The molecule has 4 heteroatoms. The van der Waals surface area contributed by atoms with E-state index in [-0.39, 0.29) is 11.6 Å². The fourth-order valence-electron chi connectivity index (χ4n) is 3.32. The lowest BCUT2D eigenvalue weighted by Crippen LogP contribution is -2.64. The van der Waals surface area contributed by atoms with Crippen LogP contribution < -0.4 is 10.2 Å². The number of ether oxygens (including phenoxy) is 1. The van der Waals surface area contributed by atoms with Crippen LogP contribution in [0.5, 0.6) is 0 Å². The van der Waals surface area contributed by atoms with Crippen molar-refractivity contribution in [1.29, 1.82) is 0 Å². The second-order valence-electron chi connectivity index (χ2n) is 5.50. The fraction of sp³-hybridized carbons (Fsp3) is 0.533. The summed E-state index contributed by atoms with van der Waals surface area (Å²) in [4.78, 5) is 14.5. The van der Waals surface area contributed by atoms with Crippen LogP contribution in [0.2, 0.25) is 0 Å². The van der Waals surface area contributed by atoms with E-state index >= 15 is 0 Å². The third-order valence-corrected chi connectivity index (χ3v) is 4.59. The van der Waals surface area contributed by atoms with Crippen molar-refractivity contribution in [3.05, 3.63) is 29.8 Å². The lowest BCUT2D eigenvalue weighted by Gasteiger charge is -2.50. The van der Waals surface area contributed by atoms with E-state index < -0.39 is 0 Å². The molecule has 1 aromatic carbocycles. The standard InChI is InChI=1S/C15H20N2O2/c1-17-13-6-4-3-5-12(13)14(18)16-15(17)9-7-11(19-2)8-10-15/h3-6,11H,7-10H2,1-2H3,(H,16,18). The zero-order chi connectivity index (χ0) is 13.5. The van der Waals surface area contributed by atoms with Gasteiger partial charge in [-0.2, -0.15) is 0 Å². The third-order valence-electron chi connectivity index (χ3n) is 4.59. The van der Waals surface area contributed by atoms with Gasteiger partial charge in [0.2, 0.25) is 0 Å². The largest absolute Gasteiger partial charge is 0.381 e. The van der Waals surface area contributed by atoms with Crippen molar-refractivity contribution >= 4 is 11.6 Å². The second kappa shape index (κ2) is 4.53. The summed E-state index contributed by atoms with van der Waals surface area (Å²) in [6, 6.07) is 7.81. The van der Waals surface area contributed by atoms with Crippen molar-refractivity contribution in [2.75, 3.05) is 19.1 Å². The summed E-state index contributed by atoms with van der Waals surface area (Å²) in [6.07, 6.45) is 4.17. The summed E-state index contributed by atoms with van der Waals surface area (Å²) in [5, 5.41) is 3.21. The van der Waals surface area contributed by atoms with E-state index in [9.17, 15) is 4.79 Å². The van der Waals surface area contributed by atoms with Crippen LogP contribution in [-0.4, -0.2) is 31.8 Å². The first-order valence-corrected chi connectivity index (χ1v) is 6.84. The molecule has 1 aromatic rings. The number of para-hydroxylation sites is 1. The molecule has 2 aliphatic rings. The van der Waals surface area contributed by atoms with Crippen LogP contribution in [0, 0.1) is 0 Å². The minimum absolute atomic E-state index is 0.0459. The minimum atomic E-state index is -0.236. The maximum atomic E-state index is 12.3. The number of carbonyl (C=O) groups is 1. The van der Waals surface area contributed by atoms with Crippen LogP contribution in [0.1, 0.15) is 36.0 Å². The Morgan fingerprint density at radius 2 is 2.00 bits per heavy atom. The number of nitrogens with zero attached hydrogens (tertiary/aromatic N) is 1. The van der Waals surface area contributed by atoms with Gasteiger partial charge in [0.25, 0.3) is 5.91 Å². The van der Waals surface area contributed by atoms with Crippen molar-refractivity contribution in [2.24, 2.45) is 0 Å². The Balaban J connectivity index is 1.92. The molecule has 0 aromatic heterocycles. The summed E-state index contributed by atoms with van der Waals surface area (Å²) in [7, 11) is 3.84. The minimum Gasteiger partial charge on any atom is -0.381 e. The van der Waals surface area contributed by atoms with Crippen LogP contribution in [0.3, 0.4) is 0 Å². The Morgan fingerprint density at radius 3 is 2.68 bits per heavy atom. The number of amides is 1. The van der Waals surface area contributed by atoms with Gasteiger partial charge in [-0.25, -0.2) is 0 Å². The van der Waals surface area contributed by atoms with Crippen molar-refractivity contribution < 1.29 is 9.53 Å². The molecule has 0 saturated heterocycles. The van der Waals surface area contributed by atoms with Gasteiger partial charge >= 0.3 is 0 Å². The van der Waals surface area contributed by atoms with Gasteiger partial charge in [0.15, 0.2) is 0 Å². The highest BCUT2D eigenvalue weighted by Gasteiger charge is 2.44. The van der Waals surface area contributed by atoms with Crippen molar-refractivity contribution in [1.82, 2.24) is 5.32 Å². The number of nitrogens with one attached hydrogen (secondary N) is 1. The molecule has 1 spiro atoms. The van der Waals surface area contributed by atoms with E-state index in [4.69, 9.17) is 4.74 Å². The van der Waals surface area contributed by atoms with E-state index in [1.165, 1.54) is 0 Å². The first-order chi connectivity index (χ1) is 9.16. The predicted molar refractivity (Wildman–Crippen MR) is 74.3 cm³/mol. The number of hydrogen-bond acceptors (Lipinski definition) is 3. The molecule has 4 nitrogen and oxygen atoms in total. The second-order valence-corrected chi connectivity index (χ2v) is 5.50. The Hall–Kier alpha value is -1.55. The van der Waals surface area contributed by atoms with Gasteiger partial charge in [-0.15, -0.1) is 0 Å². The van der Waals surface area contributed by atoms with E-state index in [0.29, 0.717) is 6.10 Å². The topological polar surface area (TPSA) is 41.6 Å². The third kappa shape index (κ3) is 1.91. The molecule has 1 fully saturated rings. The number of hydrogen-bond donors (Lipinski definition) is 1. The van der Waals surface area contributed by atoms with Gasteiger partial charge in [-0.05, 0) is 37.8 Å². The Labute approximate surface area is 113 Å². The molecule has 0 radical (unpaired) electrons. The molecule has 102 valence electrons. The fourth-order valence-corrected chi connectivity index (χ4v) is 3.32. The van der Waals surface area contributed by atoms with E-state index in [1.807, 2.05) is 24.3 Å². The summed E-state index contributed by atoms with van der Waals surface area (Å²) in [5.41, 5.74) is 1.56. The molecule has 0 atom stereocenters. The lowest BCUT2D eigenvalue weighted by molar-refractivity contribution is 0.0380. The molecule has 19 heavy (non-hydrogen) atoms. The van der Waals surface area contributed by atoms with Crippen LogP contribution in [0.15, 0.2) is 24.3 Å². The molecule has 1 N–H and O–H groups in total. The number of rotatable bonds is 1. The lowest BCUT2D eigenvalue weighted by atomic mass is 9.83. The molecule has 1 amide bonds. The number of carbonyl (C=O) groups excluding carboxylic acids is 1. The Kier molecular flexibility index (Phi) is 2.97. The van der Waals surface area contributed by atoms with Gasteiger partial charge in [-0.3, -0.25) is 4.79 Å². The quantitative estimate of drug-likeness (QED) is 0.841. The zero-order valence-electron chi connectivity index (χ0n) is 11.5. The molecular formula is C15H20N2O2. The number of fused-ring (bicyclic) bond motifs is 1. The van der Waals surface area contributed by atoms with Crippen LogP contribution >= 0.6 is 0 Å². The molecule has 0 unspecified atom stereocenters. The van der Waals surface area contributed by atoms with Gasteiger partial charge in [-0.1, -0.05) is 12.1 Å². The summed E-state index contributed by atoms with van der Waals surface area (Å²) < 4.78 is 5.43. The van der Waals surface area contributed by atoms with Crippen molar-refractivity contribution in [3.63, 3.8) is 0 Å². The van der Waals surface area contributed by atoms with Gasteiger partial charge in [0.05, 0.1) is 17.4 Å². The number of methoxy groups -OCH3 is 1. The molecule has 1 aliphatic carbocycles. The van der Waals surface area contributed by atoms with E-state index in [2.05, 4.69) is 17.3 Å². The highest BCUT2D eigenvalue weighted by Crippen LogP contribution is 2.39. The van der Waals surface area contributed by atoms with Gasteiger partial charge in [0, 0.05) is 14.2 Å². The molecule has 1 aliphatic heterocycles. The van der Waals surface area contributed by atoms with E-state index in [1.54, 1.807) is 7.11 Å². The number of anilines is 1.